The highest BCUT2D eigenvalue weighted by Crippen LogP contribution is 2.30. The Morgan fingerprint density at radius 3 is 1.36 bits per heavy atom. The number of methoxy groups -OCH3 is 3. The lowest BCUT2D eigenvalue weighted by Gasteiger charge is -2.17. The predicted octanol–water partition coefficient (Wildman–Crippen LogP) is 11.4. The molecule has 8 aromatic rings. The zero-order valence-corrected chi connectivity index (χ0v) is 68.4. The molecule has 38 nitrogen and oxygen atoms in total. The summed E-state index contributed by atoms with van der Waals surface area (Å²) in [5.41, 5.74) is 3.00. The van der Waals surface area contributed by atoms with Gasteiger partial charge in [0.05, 0.1) is 73.8 Å². The summed E-state index contributed by atoms with van der Waals surface area (Å²) in [4.78, 5) is 87.7. The van der Waals surface area contributed by atoms with Crippen molar-refractivity contribution >= 4 is 132 Å². The topological polar surface area (TPSA) is 566 Å². The van der Waals surface area contributed by atoms with Gasteiger partial charge in [0.25, 0.3) is 5.69 Å². The summed E-state index contributed by atoms with van der Waals surface area (Å²) >= 11 is 12.0. The normalized spacial score (nSPS) is 12.6. The number of esters is 1. The van der Waals surface area contributed by atoms with Crippen LogP contribution in [0.3, 0.4) is 0 Å². The highest BCUT2D eigenvalue weighted by molar-refractivity contribution is 7.94. The zero-order chi connectivity index (χ0) is 85.2. The molecule has 45 heteroatoms. The fourth-order valence-electron chi connectivity index (χ4n) is 9.62. The third kappa shape index (κ3) is 23.4. The first-order valence-corrected chi connectivity index (χ1v) is 40.9. The first-order valence-electron chi connectivity index (χ1n) is 32.6. The number of hydrogen-bond donors (Lipinski definition) is 9. The Labute approximate surface area is 667 Å². The summed E-state index contributed by atoms with van der Waals surface area (Å²) in [6.07, 6.45) is 0.615. The molecule has 0 saturated carbocycles. The van der Waals surface area contributed by atoms with Crippen LogP contribution in [0, 0.1) is 87.9 Å². The number of halogens is 2. The molecule has 0 fully saturated rings. The molecular formula is C69H74Cl2N22O16S5. The van der Waals surface area contributed by atoms with Gasteiger partial charge in [0, 0.05) is 58.1 Å². The number of sulfonamides is 1. The largest absolute Gasteiger partial charge is 0.481 e. The molecule has 114 heavy (non-hydrogen) atoms. The summed E-state index contributed by atoms with van der Waals surface area (Å²) in [6.45, 7) is 12.2. The van der Waals surface area contributed by atoms with E-state index in [1.807, 2.05) is 29.9 Å². The van der Waals surface area contributed by atoms with Gasteiger partial charge in [0.1, 0.15) is 39.2 Å². The highest BCUT2D eigenvalue weighted by Gasteiger charge is 2.31. The quantitative estimate of drug-likeness (QED) is 0.0140. The molecule has 0 aliphatic carbocycles. The van der Waals surface area contributed by atoms with Crippen LogP contribution in [0.2, 0.25) is 10.2 Å². The van der Waals surface area contributed by atoms with E-state index in [2.05, 4.69) is 74.5 Å². The van der Waals surface area contributed by atoms with E-state index in [1.165, 1.54) is 108 Å². The minimum absolute atomic E-state index is 0.000379. The maximum absolute atomic E-state index is 13.5. The molecule has 600 valence electrons. The summed E-state index contributed by atoms with van der Waals surface area (Å²) in [5.74, 6) is -0.671. The minimum atomic E-state index is -4.08. The number of pyridine rings is 4. The van der Waals surface area contributed by atoms with E-state index in [0.717, 1.165) is 23.0 Å². The molecule has 4 aromatic carbocycles. The Bertz CT molecular complexity index is 5900. The van der Waals surface area contributed by atoms with Gasteiger partial charge >= 0.3 is 30.1 Å². The number of para-hydroxylation sites is 1. The summed E-state index contributed by atoms with van der Waals surface area (Å²) < 4.78 is 122. The van der Waals surface area contributed by atoms with Gasteiger partial charge in [-0.25, -0.2) is 100 Å². The second-order valence-electron chi connectivity index (χ2n) is 22.7. The van der Waals surface area contributed by atoms with E-state index in [-0.39, 0.29) is 111 Å². The molecule has 8 rings (SSSR count). The minimum Gasteiger partial charge on any atom is -0.481 e. The van der Waals surface area contributed by atoms with Crippen LogP contribution in [-0.4, -0.2) is 140 Å². The molecule has 0 radical (unpaired) electrons. The van der Waals surface area contributed by atoms with Crippen molar-refractivity contribution in [3.05, 3.63) is 197 Å². The van der Waals surface area contributed by atoms with Crippen LogP contribution in [0.1, 0.15) is 81.3 Å². The van der Waals surface area contributed by atoms with Gasteiger partial charge in [0.2, 0.25) is 21.8 Å². The zero-order valence-electron chi connectivity index (χ0n) is 62.8. The van der Waals surface area contributed by atoms with Crippen molar-refractivity contribution in [3.8, 4) is 36.0 Å². The van der Waals surface area contributed by atoms with E-state index in [1.54, 1.807) is 84.0 Å². The molecular weight excluding hydrogens is 1620 g/mol. The predicted molar refractivity (Wildman–Crippen MR) is 423 cm³/mol. The van der Waals surface area contributed by atoms with Crippen LogP contribution in [0.5, 0.6) is 11.8 Å². The Morgan fingerprint density at radius 2 is 0.930 bits per heavy atom. The Balaban J connectivity index is 0.000000272. The van der Waals surface area contributed by atoms with E-state index in [4.69, 9.17) is 42.2 Å². The van der Waals surface area contributed by atoms with Crippen molar-refractivity contribution in [2.45, 2.75) is 79.4 Å². The molecule has 4 atom stereocenters. The molecule has 0 aliphatic rings. The fraction of sp³-hybridized carbons (Fsp3) is 0.232. The van der Waals surface area contributed by atoms with Gasteiger partial charge in [-0.05, 0) is 125 Å². The average molecular weight is 1700 g/mol. The number of nitro groups is 1. The number of amides is 8. The first kappa shape index (κ1) is 91.9. The summed E-state index contributed by atoms with van der Waals surface area (Å²) in [6, 6.07) is 33.1. The third-order valence-corrected chi connectivity index (χ3v) is 24.9. The van der Waals surface area contributed by atoms with Crippen LogP contribution in [0.25, 0.3) is 0 Å². The van der Waals surface area contributed by atoms with E-state index >= 15 is 0 Å². The number of hydrogen-bond acceptors (Lipinski definition) is 28. The Morgan fingerprint density at radius 1 is 0.535 bits per heavy atom. The molecule has 4 heterocycles. The molecule has 4 aromatic heterocycles. The number of carbonyl (C=O) groups excluding carboxylic acids is 5. The van der Waals surface area contributed by atoms with Crippen LogP contribution in [0.15, 0.2) is 159 Å². The lowest BCUT2D eigenvalue weighted by Crippen LogP contribution is -2.35. The number of carbonyl (C=O) groups is 5. The number of nitriles is 4. The van der Waals surface area contributed by atoms with E-state index in [9.17, 15) is 80.4 Å². The van der Waals surface area contributed by atoms with Gasteiger partial charge < -0.3 is 14.2 Å². The lowest BCUT2D eigenvalue weighted by atomic mass is 10.1. The highest BCUT2D eigenvalue weighted by atomic mass is 35.5. The number of urea groups is 4. The third-order valence-electron chi connectivity index (χ3n) is 14.8. The smallest absolute Gasteiger partial charge is 0.339 e. The SMILES string of the molecule is CCN=S(=O)(NC(=O)Nc1nc(C)cc(CC)c1C#N)c1ccccc1Cl.CCN=S(=O)(NC(=O)Nc1nc(Cl)cc(C)c1C#N)c1ccccc1C(=O)OC.CN=S(=O)(NC(=O)Nc1nc(OC)cc(C)c1C#N)c1ccccc1[N+](=O)[O-].COc1cc(C)c(C#N)c(NC(=O)NS(=N)(=O)c2ccccc2S(=O)(=O)N(C)C)n1. The van der Waals surface area contributed by atoms with E-state index < -0.39 is 90.4 Å². The molecule has 0 spiro atoms. The summed E-state index contributed by atoms with van der Waals surface area (Å²) in [5, 5.41) is 58.2. The van der Waals surface area contributed by atoms with Crippen molar-refractivity contribution in [1.82, 2.24) is 43.1 Å². The number of nitro benzene ring substituents is 1. The maximum atomic E-state index is 13.5. The fourth-order valence-corrected chi connectivity index (χ4v) is 17.7. The number of nitrogens with zero attached hydrogens (tertiary/aromatic N) is 13. The van der Waals surface area contributed by atoms with Crippen molar-refractivity contribution in [1.29, 1.82) is 25.8 Å². The first-order chi connectivity index (χ1) is 53.8. The van der Waals surface area contributed by atoms with Crippen LogP contribution >= 0.6 is 23.2 Å². The van der Waals surface area contributed by atoms with Gasteiger partial charge in [-0.1, -0.05) is 78.7 Å². The monoisotopic (exact) mass is 1700 g/mol. The molecule has 8 amide bonds. The lowest BCUT2D eigenvalue weighted by molar-refractivity contribution is -0.387. The summed E-state index contributed by atoms with van der Waals surface area (Å²) in [7, 11) is -10.9. The van der Waals surface area contributed by atoms with Crippen molar-refractivity contribution in [2.24, 2.45) is 13.1 Å². The number of benzene rings is 4. The number of nitrogens with one attached hydrogen (secondary N) is 9. The number of rotatable bonds is 21. The molecule has 0 aliphatic heterocycles. The molecule has 9 N–H and O–H groups in total. The van der Waals surface area contributed by atoms with E-state index in [0.29, 0.717) is 28.8 Å². The number of anilines is 4. The van der Waals surface area contributed by atoms with Crippen LogP contribution in [-0.2, 0) is 60.8 Å². The van der Waals surface area contributed by atoms with Crippen LogP contribution in [0.4, 0.5) is 48.1 Å². The van der Waals surface area contributed by atoms with Crippen molar-refractivity contribution in [2.75, 3.05) is 76.8 Å². The maximum Gasteiger partial charge on any atom is 0.339 e. The molecule has 4 unspecified atom stereocenters. The van der Waals surface area contributed by atoms with Gasteiger partial charge in [-0.3, -0.25) is 31.4 Å². The Hall–Kier alpha value is -12.7. The van der Waals surface area contributed by atoms with Crippen LogP contribution < -0.4 is 49.6 Å². The standard InChI is InChI=1S/C18H18ClN5O4S.C18H20ClN5O2S.C17H20N6O5S2.C16H16N6O5S/c1-4-21-29(27,14-8-6-5-7-12(14)17(25)28-3)24-18(26)23-16-13(10-20)11(2)9-15(19)22-16;1-4-13-10-12(3)22-17(14(13)11-20)23-18(25)24-27(26,21-5-2)16-9-7-6-8-15(16)19;1-11-9-15(28-4)20-16(12(11)10-18)21-17(24)22-29(19,25)13-7-5-6-8-14(13)30(26,27)23(2)3;1-10-8-14(27-3)19-15(11(10)9-17)20-16(23)21-28(26,18-2)13-7-5-4-6-12(13)22(24)25/h5-9H,4H2,1-3H3,(H2,21,22,23,24,26,27);6-10H,4-5H2,1-3H3,(H2,21,22,23,24,25,26);5-9H,1-4H3,(H3,19,20,21,22,24,25);4-8H,1-3H3,(H2,18,19,20,21,23,26). The second kappa shape index (κ2) is 41.0. The number of aryl methyl sites for hydroxylation is 5. The van der Waals surface area contributed by atoms with Gasteiger partial charge in [0.15, 0.2) is 62.9 Å². The average Bonchev–Trinajstić information content (AvgIpc) is 0.782. The van der Waals surface area contributed by atoms with Crippen molar-refractivity contribution in [3.63, 3.8) is 0 Å². The van der Waals surface area contributed by atoms with Gasteiger partial charge in [-0.15, -0.1) is 0 Å². The molecule has 0 bridgehead atoms. The van der Waals surface area contributed by atoms with Gasteiger partial charge in [-0.2, -0.15) is 31.0 Å². The van der Waals surface area contributed by atoms with Crippen molar-refractivity contribution < 1.29 is 68.4 Å². The number of ether oxygens (including phenoxy) is 3. The molecule has 0 saturated heterocycles. The number of aromatic nitrogens is 4. The Kier molecular flexibility index (Phi) is 33.0. The second-order valence-corrected chi connectivity index (χ2v) is 33.3.